The number of anilines is 1. The van der Waals surface area contributed by atoms with Gasteiger partial charge in [-0.15, -0.1) is 0 Å². The first-order chi connectivity index (χ1) is 15.7. The van der Waals surface area contributed by atoms with Crippen LogP contribution in [-0.2, 0) is 6.54 Å². The summed E-state index contributed by atoms with van der Waals surface area (Å²) in [6.07, 6.45) is 7.75. The van der Waals surface area contributed by atoms with Crippen LogP contribution >= 0.6 is 0 Å². The highest BCUT2D eigenvalue weighted by Gasteiger charge is 2.15. The summed E-state index contributed by atoms with van der Waals surface area (Å²) < 4.78 is 15.3. The quantitative estimate of drug-likeness (QED) is 0.471. The molecule has 0 atom stereocenters. The first-order valence-corrected chi connectivity index (χ1v) is 10.8. The third-order valence-electron chi connectivity index (χ3n) is 5.83. The Kier molecular flexibility index (Phi) is 5.60. The third-order valence-corrected chi connectivity index (χ3v) is 5.83. The minimum atomic E-state index is -0.546. The maximum Gasteiger partial charge on any atom is 0.256 e. The molecule has 1 saturated heterocycles. The first-order valence-electron chi connectivity index (χ1n) is 10.8. The number of pyridine rings is 2. The maximum absolute atomic E-state index is 15.3. The summed E-state index contributed by atoms with van der Waals surface area (Å²) in [6, 6.07) is 16.4. The van der Waals surface area contributed by atoms with Gasteiger partial charge >= 0.3 is 0 Å². The van der Waals surface area contributed by atoms with Gasteiger partial charge in [0.25, 0.3) is 5.91 Å². The summed E-state index contributed by atoms with van der Waals surface area (Å²) in [7, 11) is 0. The lowest BCUT2D eigenvalue weighted by molar-refractivity contribution is 0.102. The number of likely N-dealkylation sites (tertiary alicyclic amines) is 1. The lowest BCUT2D eigenvalue weighted by atomic mass is 10.0. The van der Waals surface area contributed by atoms with Crippen molar-refractivity contribution in [2.75, 3.05) is 18.4 Å². The van der Waals surface area contributed by atoms with Crippen LogP contribution < -0.4 is 5.32 Å². The molecule has 1 fully saturated rings. The number of nitrogens with zero attached hydrogens (tertiary/aromatic N) is 3. The van der Waals surface area contributed by atoms with E-state index >= 15 is 4.39 Å². The number of fused-ring (bicyclic) bond motifs is 1. The maximum atomic E-state index is 15.3. The van der Waals surface area contributed by atoms with Crippen LogP contribution in [0.15, 0.2) is 73.2 Å². The molecule has 1 aliphatic heterocycles. The fourth-order valence-corrected chi connectivity index (χ4v) is 4.14. The molecule has 0 aliphatic carbocycles. The Balaban J connectivity index is 1.44. The highest BCUT2D eigenvalue weighted by molar-refractivity contribution is 6.04. The van der Waals surface area contributed by atoms with Gasteiger partial charge in [-0.05, 0) is 61.3 Å². The number of nitrogens with one attached hydrogen (secondary N) is 1. The Morgan fingerprint density at radius 1 is 0.969 bits per heavy atom. The van der Waals surface area contributed by atoms with Crippen molar-refractivity contribution in [3.05, 3.63) is 90.1 Å². The largest absolute Gasteiger partial charge is 0.304 e. The van der Waals surface area contributed by atoms with Crippen molar-refractivity contribution < 1.29 is 9.18 Å². The molecule has 4 aromatic rings. The predicted molar refractivity (Wildman–Crippen MR) is 124 cm³/mol. The number of amides is 1. The predicted octanol–water partition coefficient (Wildman–Crippen LogP) is 5.28. The Morgan fingerprint density at radius 3 is 2.59 bits per heavy atom. The summed E-state index contributed by atoms with van der Waals surface area (Å²) in [4.78, 5) is 23.4. The number of carbonyl (C=O) groups excluding carboxylic acids is 1. The summed E-state index contributed by atoms with van der Waals surface area (Å²) in [5, 5.41) is 3.66. The van der Waals surface area contributed by atoms with Crippen LogP contribution in [0.2, 0.25) is 0 Å². The van der Waals surface area contributed by atoms with Gasteiger partial charge in [-0.2, -0.15) is 0 Å². The molecular weight excluding hydrogens is 403 g/mol. The van der Waals surface area contributed by atoms with E-state index in [0.29, 0.717) is 16.3 Å². The van der Waals surface area contributed by atoms with Crippen molar-refractivity contribution in [2.45, 2.75) is 19.4 Å². The Morgan fingerprint density at radius 2 is 1.78 bits per heavy atom. The molecular formula is C26H23FN4O. The minimum absolute atomic E-state index is 0.0792. The molecule has 0 radical (unpaired) electrons. The smallest absolute Gasteiger partial charge is 0.256 e. The SMILES string of the molecule is O=C(Nc1ncc2ccc(-c3cncc(CN4CCCC4)c3)cc2c1F)c1ccccc1. The third kappa shape index (κ3) is 4.22. The molecule has 2 aromatic heterocycles. The fraction of sp³-hybridized carbons (Fsp3) is 0.192. The number of rotatable bonds is 5. The second-order valence-corrected chi connectivity index (χ2v) is 8.11. The molecule has 6 heteroatoms. The molecule has 0 spiro atoms. The lowest BCUT2D eigenvalue weighted by Gasteiger charge is -2.15. The molecule has 1 amide bonds. The van der Waals surface area contributed by atoms with Crippen LogP contribution in [-0.4, -0.2) is 33.9 Å². The summed E-state index contributed by atoms with van der Waals surface area (Å²) in [5.74, 6) is -1.02. The van der Waals surface area contributed by atoms with E-state index in [-0.39, 0.29) is 5.82 Å². The number of aromatic nitrogens is 2. The van der Waals surface area contributed by atoms with Crippen LogP contribution in [0.5, 0.6) is 0 Å². The van der Waals surface area contributed by atoms with Crippen molar-refractivity contribution in [1.29, 1.82) is 0 Å². The minimum Gasteiger partial charge on any atom is -0.304 e. The number of halogens is 1. The van der Waals surface area contributed by atoms with Crippen LogP contribution in [0.3, 0.4) is 0 Å². The van der Waals surface area contributed by atoms with Gasteiger partial charge in [-0.25, -0.2) is 9.37 Å². The van der Waals surface area contributed by atoms with Crippen LogP contribution in [0.25, 0.3) is 21.9 Å². The van der Waals surface area contributed by atoms with E-state index in [1.807, 2.05) is 24.4 Å². The summed E-state index contributed by atoms with van der Waals surface area (Å²) in [6.45, 7) is 3.12. The molecule has 5 nitrogen and oxygen atoms in total. The van der Waals surface area contributed by atoms with Gasteiger partial charge in [0.1, 0.15) is 0 Å². The van der Waals surface area contributed by atoms with Crippen molar-refractivity contribution in [2.24, 2.45) is 0 Å². The molecule has 5 rings (SSSR count). The van der Waals surface area contributed by atoms with E-state index in [2.05, 4.69) is 26.3 Å². The van der Waals surface area contributed by atoms with Gasteiger partial charge in [0.2, 0.25) is 0 Å². The monoisotopic (exact) mass is 426 g/mol. The zero-order valence-corrected chi connectivity index (χ0v) is 17.6. The Labute approximate surface area is 185 Å². The van der Waals surface area contributed by atoms with Crippen molar-refractivity contribution >= 4 is 22.5 Å². The lowest BCUT2D eigenvalue weighted by Crippen LogP contribution is -2.18. The highest BCUT2D eigenvalue weighted by atomic mass is 19.1. The molecule has 160 valence electrons. The number of hydrogen-bond acceptors (Lipinski definition) is 4. The van der Waals surface area contributed by atoms with Gasteiger partial charge in [0.15, 0.2) is 11.6 Å². The van der Waals surface area contributed by atoms with E-state index in [9.17, 15) is 4.79 Å². The van der Waals surface area contributed by atoms with Gasteiger partial charge in [-0.1, -0.05) is 30.3 Å². The average molecular weight is 426 g/mol. The zero-order valence-electron chi connectivity index (χ0n) is 17.6. The molecule has 0 saturated carbocycles. The Hall–Kier alpha value is -3.64. The van der Waals surface area contributed by atoms with E-state index in [1.165, 1.54) is 12.8 Å². The standard InChI is InChI=1S/C26H23FN4O/c27-24-23-13-20(22-12-18(14-28-15-22)17-31-10-4-5-11-31)8-9-21(23)16-29-25(24)30-26(32)19-6-2-1-3-7-19/h1-3,6-9,12-16H,4-5,10-11,17H2,(H,29,30,32). The van der Waals surface area contributed by atoms with Gasteiger partial charge in [-0.3, -0.25) is 14.7 Å². The Bertz CT molecular complexity index is 1270. The second-order valence-electron chi connectivity index (χ2n) is 8.11. The summed E-state index contributed by atoms with van der Waals surface area (Å²) in [5.41, 5.74) is 3.41. The average Bonchev–Trinajstić information content (AvgIpc) is 3.34. The number of hydrogen-bond donors (Lipinski definition) is 1. The number of carbonyl (C=O) groups is 1. The normalized spacial score (nSPS) is 14.0. The molecule has 2 aromatic carbocycles. The molecule has 1 N–H and O–H groups in total. The zero-order chi connectivity index (χ0) is 21.9. The first kappa shape index (κ1) is 20.3. The van der Waals surface area contributed by atoms with Crippen LogP contribution in [0, 0.1) is 5.82 Å². The van der Waals surface area contributed by atoms with Crippen molar-refractivity contribution in [3.8, 4) is 11.1 Å². The molecule has 3 heterocycles. The number of benzene rings is 2. The fourth-order valence-electron chi connectivity index (χ4n) is 4.14. The summed E-state index contributed by atoms with van der Waals surface area (Å²) >= 11 is 0. The van der Waals surface area contributed by atoms with E-state index in [4.69, 9.17) is 0 Å². The topological polar surface area (TPSA) is 58.1 Å². The molecule has 1 aliphatic rings. The van der Waals surface area contributed by atoms with Crippen molar-refractivity contribution in [1.82, 2.24) is 14.9 Å². The van der Waals surface area contributed by atoms with E-state index in [1.54, 1.807) is 42.7 Å². The molecule has 0 bridgehead atoms. The highest BCUT2D eigenvalue weighted by Crippen LogP contribution is 2.29. The van der Waals surface area contributed by atoms with Crippen LogP contribution in [0.4, 0.5) is 10.2 Å². The molecule has 32 heavy (non-hydrogen) atoms. The second kappa shape index (κ2) is 8.85. The van der Waals surface area contributed by atoms with Gasteiger partial charge < -0.3 is 5.32 Å². The van der Waals surface area contributed by atoms with Crippen molar-refractivity contribution in [3.63, 3.8) is 0 Å². The van der Waals surface area contributed by atoms with Gasteiger partial charge in [0, 0.05) is 47.0 Å². The molecule has 0 unspecified atom stereocenters. The van der Waals surface area contributed by atoms with Gasteiger partial charge in [0.05, 0.1) is 0 Å². The van der Waals surface area contributed by atoms with E-state index < -0.39 is 11.7 Å². The van der Waals surface area contributed by atoms with Crippen LogP contribution in [0.1, 0.15) is 28.8 Å². The van der Waals surface area contributed by atoms with E-state index in [0.717, 1.165) is 36.3 Å².